The van der Waals surface area contributed by atoms with Gasteiger partial charge in [-0.15, -0.1) is 0 Å². The molecule has 2 amide bonds. The van der Waals surface area contributed by atoms with E-state index in [1.54, 1.807) is 6.07 Å². The molecular weight excluding hydrogens is 222 g/mol. The number of primary amides is 1. The van der Waals surface area contributed by atoms with E-state index in [4.69, 9.17) is 5.73 Å². The van der Waals surface area contributed by atoms with Crippen LogP contribution in [-0.4, -0.2) is 24.6 Å². The van der Waals surface area contributed by atoms with Gasteiger partial charge in [0.25, 0.3) is 0 Å². The number of benzene rings is 1. The first-order chi connectivity index (χ1) is 7.72. The molecule has 0 atom stereocenters. The quantitative estimate of drug-likeness (QED) is 0.667. The lowest BCUT2D eigenvalue weighted by Gasteiger charge is -2.08. The van der Waals surface area contributed by atoms with E-state index in [1.807, 2.05) is 30.0 Å². The molecular formula is C11H17N3OS. The van der Waals surface area contributed by atoms with Crippen molar-refractivity contribution in [2.75, 3.05) is 29.2 Å². The Bertz CT molecular complexity index is 344. The van der Waals surface area contributed by atoms with Crippen LogP contribution >= 0.6 is 11.8 Å². The summed E-state index contributed by atoms with van der Waals surface area (Å²) in [4.78, 5) is 10.7. The number of nitrogens with two attached hydrogens (primary N) is 1. The van der Waals surface area contributed by atoms with Crippen LogP contribution in [0.25, 0.3) is 0 Å². The fourth-order valence-corrected chi connectivity index (χ4v) is 1.73. The summed E-state index contributed by atoms with van der Waals surface area (Å²) in [5.41, 5.74) is 6.74. The SMILES string of the molecule is CSCCCNc1cccc(NC(N)=O)c1. The number of hydrogen-bond donors (Lipinski definition) is 3. The highest BCUT2D eigenvalue weighted by Gasteiger charge is 1.97. The van der Waals surface area contributed by atoms with Gasteiger partial charge in [0.05, 0.1) is 0 Å². The molecule has 1 aromatic rings. The van der Waals surface area contributed by atoms with Gasteiger partial charge in [0.15, 0.2) is 0 Å². The number of amides is 2. The zero-order valence-corrected chi connectivity index (χ0v) is 10.1. The van der Waals surface area contributed by atoms with E-state index >= 15 is 0 Å². The molecule has 0 aliphatic rings. The Morgan fingerprint density at radius 3 is 2.88 bits per heavy atom. The Hall–Kier alpha value is -1.36. The van der Waals surface area contributed by atoms with Crippen molar-refractivity contribution in [2.45, 2.75) is 6.42 Å². The number of anilines is 2. The van der Waals surface area contributed by atoms with Gasteiger partial charge in [0.1, 0.15) is 0 Å². The average Bonchev–Trinajstić information content (AvgIpc) is 2.24. The number of carbonyl (C=O) groups excluding carboxylic acids is 1. The second-order valence-corrected chi connectivity index (χ2v) is 4.33. The minimum atomic E-state index is -0.542. The second-order valence-electron chi connectivity index (χ2n) is 3.34. The van der Waals surface area contributed by atoms with Crippen LogP contribution in [0.3, 0.4) is 0 Å². The topological polar surface area (TPSA) is 67.2 Å². The zero-order valence-electron chi connectivity index (χ0n) is 9.32. The van der Waals surface area contributed by atoms with Gasteiger partial charge >= 0.3 is 6.03 Å². The Morgan fingerprint density at radius 2 is 2.19 bits per heavy atom. The van der Waals surface area contributed by atoms with Crippen molar-refractivity contribution in [3.8, 4) is 0 Å². The number of rotatable bonds is 6. The molecule has 16 heavy (non-hydrogen) atoms. The molecule has 0 radical (unpaired) electrons. The minimum absolute atomic E-state index is 0.542. The lowest BCUT2D eigenvalue weighted by molar-refractivity contribution is 0.259. The van der Waals surface area contributed by atoms with Crippen molar-refractivity contribution in [1.29, 1.82) is 0 Å². The smallest absolute Gasteiger partial charge is 0.316 e. The molecule has 0 fully saturated rings. The molecule has 0 aliphatic heterocycles. The summed E-state index contributed by atoms with van der Waals surface area (Å²) in [5.74, 6) is 1.15. The van der Waals surface area contributed by atoms with Crippen LogP contribution in [0.1, 0.15) is 6.42 Å². The number of thioether (sulfide) groups is 1. The van der Waals surface area contributed by atoms with Crippen LogP contribution in [0.4, 0.5) is 16.2 Å². The number of carbonyl (C=O) groups is 1. The maximum Gasteiger partial charge on any atom is 0.316 e. The predicted molar refractivity (Wildman–Crippen MR) is 71.1 cm³/mol. The largest absolute Gasteiger partial charge is 0.385 e. The van der Waals surface area contributed by atoms with Crippen molar-refractivity contribution in [3.05, 3.63) is 24.3 Å². The molecule has 0 unspecified atom stereocenters. The Kier molecular flexibility index (Phi) is 5.56. The molecule has 0 bridgehead atoms. The average molecular weight is 239 g/mol. The van der Waals surface area contributed by atoms with E-state index in [0.717, 1.165) is 24.4 Å². The first-order valence-electron chi connectivity index (χ1n) is 5.11. The third kappa shape index (κ3) is 4.93. The third-order valence-electron chi connectivity index (χ3n) is 1.98. The molecule has 0 aromatic heterocycles. The van der Waals surface area contributed by atoms with Gasteiger partial charge in [0, 0.05) is 17.9 Å². The molecule has 0 heterocycles. The monoisotopic (exact) mass is 239 g/mol. The highest BCUT2D eigenvalue weighted by Crippen LogP contribution is 2.14. The molecule has 0 saturated carbocycles. The van der Waals surface area contributed by atoms with E-state index < -0.39 is 6.03 Å². The maximum absolute atomic E-state index is 10.7. The molecule has 4 nitrogen and oxygen atoms in total. The molecule has 88 valence electrons. The summed E-state index contributed by atoms with van der Waals surface area (Å²) in [5, 5.41) is 5.83. The lowest BCUT2D eigenvalue weighted by Crippen LogP contribution is -2.19. The van der Waals surface area contributed by atoms with Crippen LogP contribution in [0.2, 0.25) is 0 Å². The molecule has 0 aliphatic carbocycles. The summed E-state index contributed by atoms with van der Waals surface area (Å²) in [6.45, 7) is 0.931. The number of hydrogen-bond acceptors (Lipinski definition) is 3. The van der Waals surface area contributed by atoms with E-state index in [1.165, 1.54) is 0 Å². The van der Waals surface area contributed by atoms with Gasteiger partial charge in [0.2, 0.25) is 0 Å². The lowest BCUT2D eigenvalue weighted by atomic mass is 10.2. The van der Waals surface area contributed by atoms with Gasteiger partial charge in [-0.05, 0) is 36.6 Å². The van der Waals surface area contributed by atoms with Crippen molar-refractivity contribution in [1.82, 2.24) is 0 Å². The van der Waals surface area contributed by atoms with Gasteiger partial charge in [-0.3, -0.25) is 0 Å². The summed E-state index contributed by atoms with van der Waals surface area (Å²) in [6.07, 6.45) is 3.21. The fourth-order valence-electron chi connectivity index (χ4n) is 1.30. The molecule has 0 spiro atoms. The number of urea groups is 1. The van der Waals surface area contributed by atoms with E-state index in [2.05, 4.69) is 16.9 Å². The number of nitrogens with one attached hydrogen (secondary N) is 2. The van der Waals surface area contributed by atoms with Crippen LogP contribution < -0.4 is 16.4 Å². The summed E-state index contributed by atoms with van der Waals surface area (Å²) in [7, 11) is 0. The third-order valence-corrected chi connectivity index (χ3v) is 2.68. The first-order valence-corrected chi connectivity index (χ1v) is 6.51. The van der Waals surface area contributed by atoms with E-state index in [9.17, 15) is 4.79 Å². The van der Waals surface area contributed by atoms with E-state index in [0.29, 0.717) is 5.69 Å². The van der Waals surface area contributed by atoms with Gasteiger partial charge in [-0.2, -0.15) is 11.8 Å². The Balaban J connectivity index is 2.44. The summed E-state index contributed by atoms with van der Waals surface area (Å²) < 4.78 is 0. The molecule has 1 rings (SSSR count). The highest BCUT2D eigenvalue weighted by atomic mass is 32.2. The molecule has 0 saturated heterocycles. The summed E-state index contributed by atoms with van der Waals surface area (Å²) >= 11 is 1.83. The van der Waals surface area contributed by atoms with Crippen LogP contribution in [0.15, 0.2) is 24.3 Å². The normalized spacial score (nSPS) is 9.81. The Morgan fingerprint density at radius 1 is 1.44 bits per heavy atom. The second kappa shape index (κ2) is 7.00. The highest BCUT2D eigenvalue weighted by molar-refractivity contribution is 7.98. The molecule has 5 heteroatoms. The van der Waals surface area contributed by atoms with Gasteiger partial charge in [-0.25, -0.2) is 4.79 Å². The van der Waals surface area contributed by atoms with Crippen LogP contribution in [0, 0.1) is 0 Å². The van der Waals surface area contributed by atoms with Crippen molar-refractivity contribution in [2.24, 2.45) is 5.73 Å². The zero-order chi connectivity index (χ0) is 11.8. The van der Waals surface area contributed by atoms with E-state index in [-0.39, 0.29) is 0 Å². The minimum Gasteiger partial charge on any atom is -0.385 e. The van der Waals surface area contributed by atoms with Crippen LogP contribution in [0.5, 0.6) is 0 Å². The van der Waals surface area contributed by atoms with Gasteiger partial charge < -0.3 is 16.4 Å². The van der Waals surface area contributed by atoms with Crippen molar-refractivity contribution < 1.29 is 4.79 Å². The van der Waals surface area contributed by atoms with Crippen molar-refractivity contribution >= 4 is 29.2 Å². The standard InChI is InChI=1S/C11H17N3OS/c1-16-7-3-6-13-9-4-2-5-10(8-9)14-11(12)15/h2,4-5,8,13H,3,6-7H2,1H3,(H3,12,14,15). The molecule has 4 N–H and O–H groups in total. The molecule has 1 aromatic carbocycles. The Labute approximate surface area is 100.0 Å². The first kappa shape index (κ1) is 12.7. The maximum atomic E-state index is 10.7. The predicted octanol–water partition coefficient (Wildman–Crippen LogP) is 2.34. The van der Waals surface area contributed by atoms with Crippen molar-refractivity contribution in [3.63, 3.8) is 0 Å². The summed E-state index contributed by atoms with van der Waals surface area (Å²) in [6, 6.07) is 6.97. The fraction of sp³-hybridized carbons (Fsp3) is 0.364. The van der Waals surface area contributed by atoms with Crippen LogP contribution in [-0.2, 0) is 0 Å². The van der Waals surface area contributed by atoms with Gasteiger partial charge in [-0.1, -0.05) is 6.07 Å².